The topological polar surface area (TPSA) is 24.9 Å². The normalized spacial score (nSPS) is 11.1. The minimum Gasteiger partial charge on any atom is -0.313 e. The van der Waals surface area contributed by atoms with Crippen LogP contribution in [0.15, 0.2) is 24.3 Å². The van der Waals surface area contributed by atoms with Crippen LogP contribution in [0, 0.1) is 12.7 Å². The zero-order valence-electron chi connectivity index (χ0n) is 11.0. The Labute approximate surface area is 107 Å². The Hall–Kier alpha value is -1.48. The van der Waals surface area contributed by atoms with E-state index < -0.39 is 0 Å². The standard InChI is InChI=1S/C15H19FN2/c1-3-4-7-17-10-12-8-11(2)18-15-6-5-13(16)9-14(12)15/h5-6,8-9,17H,3-4,7,10H2,1-2H3. The van der Waals surface area contributed by atoms with Crippen LogP contribution in [-0.2, 0) is 6.54 Å². The van der Waals surface area contributed by atoms with E-state index in [4.69, 9.17) is 0 Å². The van der Waals surface area contributed by atoms with E-state index in [0.29, 0.717) is 0 Å². The number of benzene rings is 1. The molecule has 0 radical (unpaired) electrons. The lowest BCUT2D eigenvalue weighted by atomic mass is 10.1. The van der Waals surface area contributed by atoms with Gasteiger partial charge in [0.2, 0.25) is 0 Å². The van der Waals surface area contributed by atoms with Gasteiger partial charge in [0.25, 0.3) is 0 Å². The lowest BCUT2D eigenvalue weighted by Crippen LogP contribution is -2.15. The van der Waals surface area contributed by atoms with Crippen LogP contribution in [0.2, 0.25) is 0 Å². The van der Waals surface area contributed by atoms with Crippen molar-refractivity contribution >= 4 is 10.9 Å². The van der Waals surface area contributed by atoms with Gasteiger partial charge in [0.1, 0.15) is 5.82 Å². The van der Waals surface area contributed by atoms with Gasteiger partial charge in [-0.25, -0.2) is 4.39 Å². The van der Waals surface area contributed by atoms with Crippen molar-refractivity contribution in [2.24, 2.45) is 0 Å². The molecule has 0 amide bonds. The summed E-state index contributed by atoms with van der Waals surface area (Å²) in [5.41, 5.74) is 2.96. The van der Waals surface area contributed by atoms with Crippen LogP contribution in [0.1, 0.15) is 31.0 Å². The fourth-order valence-electron chi connectivity index (χ4n) is 2.09. The van der Waals surface area contributed by atoms with Gasteiger partial charge in [0, 0.05) is 17.6 Å². The van der Waals surface area contributed by atoms with Crippen molar-refractivity contribution < 1.29 is 4.39 Å². The van der Waals surface area contributed by atoms with Crippen molar-refractivity contribution in [1.82, 2.24) is 10.3 Å². The van der Waals surface area contributed by atoms with Crippen molar-refractivity contribution in [3.63, 3.8) is 0 Å². The van der Waals surface area contributed by atoms with Gasteiger partial charge in [-0.3, -0.25) is 4.98 Å². The van der Waals surface area contributed by atoms with Crippen molar-refractivity contribution in [1.29, 1.82) is 0 Å². The summed E-state index contributed by atoms with van der Waals surface area (Å²) < 4.78 is 13.3. The monoisotopic (exact) mass is 246 g/mol. The molecule has 1 aromatic carbocycles. The van der Waals surface area contributed by atoms with E-state index in [0.717, 1.165) is 41.7 Å². The van der Waals surface area contributed by atoms with Crippen LogP contribution in [0.5, 0.6) is 0 Å². The highest BCUT2D eigenvalue weighted by atomic mass is 19.1. The summed E-state index contributed by atoms with van der Waals surface area (Å²) >= 11 is 0. The van der Waals surface area contributed by atoms with Crippen LogP contribution < -0.4 is 5.32 Å². The number of unbranched alkanes of at least 4 members (excludes halogenated alkanes) is 1. The summed E-state index contributed by atoms with van der Waals surface area (Å²) in [4.78, 5) is 4.43. The first-order valence-electron chi connectivity index (χ1n) is 6.47. The van der Waals surface area contributed by atoms with Gasteiger partial charge in [-0.2, -0.15) is 0 Å². The number of fused-ring (bicyclic) bond motifs is 1. The van der Waals surface area contributed by atoms with Gasteiger partial charge in [-0.1, -0.05) is 13.3 Å². The summed E-state index contributed by atoms with van der Waals surface area (Å²) in [5, 5.41) is 4.30. The molecular weight excluding hydrogens is 227 g/mol. The molecule has 0 bridgehead atoms. The number of rotatable bonds is 5. The summed E-state index contributed by atoms with van der Waals surface area (Å²) in [6.45, 7) is 5.90. The zero-order chi connectivity index (χ0) is 13.0. The summed E-state index contributed by atoms with van der Waals surface area (Å²) in [6, 6.07) is 6.80. The molecule has 0 aliphatic heterocycles. The summed E-state index contributed by atoms with van der Waals surface area (Å²) in [7, 11) is 0. The number of hydrogen-bond acceptors (Lipinski definition) is 2. The highest BCUT2D eigenvalue weighted by Gasteiger charge is 2.05. The molecule has 0 atom stereocenters. The SMILES string of the molecule is CCCCNCc1cc(C)nc2ccc(F)cc12. The summed E-state index contributed by atoms with van der Waals surface area (Å²) in [5.74, 6) is -0.206. The molecule has 2 rings (SSSR count). The average Bonchev–Trinajstić information content (AvgIpc) is 2.35. The third kappa shape index (κ3) is 3.05. The molecule has 0 spiro atoms. The average molecular weight is 246 g/mol. The minimum absolute atomic E-state index is 0.206. The van der Waals surface area contributed by atoms with E-state index in [1.54, 1.807) is 12.1 Å². The van der Waals surface area contributed by atoms with Crippen LogP contribution in [-0.4, -0.2) is 11.5 Å². The second kappa shape index (κ2) is 5.91. The van der Waals surface area contributed by atoms with E-state index in [1.807, 2.05) is 13.0 Å². The predicted octanol–water partition coefficient (Wildman–Crippen LogP) is 3.57. The predicted molar refractivity (Wildman–Crippen MR) is 73.1 cm³/mol. The number of nitrogens with zero attached hydrogens (tertiary/aromatic N) is 1. The Kier molecular flexibility index (Phi) is 4.26. The first-order chi connectivity index (χ1) is 8.70. The lowest BCUT2D eigenvalue weighted by Gasteiger charge is -2.09. The third-order valence-electron chi connectivity index (χ3n) is 3.01. The smallest absolute Gasteiger partial charge is 0.123 e. The Bertz CT molecular complexity index is 537. The molecule has 0 aliphatic rings. The van der Waals surface area contributed by atoms with Crippen molar-refractivity contribution in [3.8, 4) is 0 Å². The molecule has 0 unspecified atom stereocenters. The molecule has 2 aromatic rings. The molecule has 3 heteroatoms. The number of aryl methyl sites for hydroxylation is 1. The van der Waals surface area contributed by atoms with Crippen LogP contribution in [0.25, 0.3) is 10.9 Å². The first-order valence-corrected chi connectivity index (χ1v) is 6.47. The number of nitrogens with one attached hydrogen (secondary N) is 1. The number of pyridine rings is 1. The second-order valence-electron chi connectivity index (χ2n) is 4.61. The molecule has 18 heavy (non-hydrogen) atoms. The van der Waals surface area contributed by atoms with Crippen LogP contribution in [0.3, 0.4) is 0 Å². The van der Waals surface area contributed by atoms with Gasteiger partial charge in [0.05, 0.1) is 5.52 Å². The van der Waals surface area contributed by atoms with Gasteiger partial charge >= 0.3 is 0 Å². The van der Waals surface area contributed by atoms with Gasteiger partial charge in [-0.15, -0.1) is 0 Å². The second-order valence-corrected chi connectivity index (χ2v) is 4.61. The molecule has 0 saturated carbocycles. The molecule has 0 aliphatic carbocycles. The largest absolute Gasteiger partial charge is 0.313 e. The molecule has 2 nitrogen and oxygen atoms in total. The van der Waals surface area contributed by atoms with E-state index in [9.17, 15) is 4.39 Å². The Morgan fingerprint density at radius 2 is 2.11 bits per heavy atom. The first kappa shape index (κ1) is 13.0. The van der Waals surface area contributed by atoms with Crippen molar-refractivity contribution in [2.75, 3.05) is 6.54 Å². The minimum atomic E-state index is -0.206. The van der Waals surface area contributed by atoms with Crippen LogP contribution >= 0.6 is 0 Å². The Morgan fingerprint density at radius 3 is 2.89 bits per heavy atom. The zero-order valence-corrected chi connectivity index (χ0v) is 11.0. The highest BCUT2D eigenvalue weighted by molar-refractivity contribution is 5.82. The summed E-state index contributed by atoms with van der Waals surface area (Å²) in [6.07, 6.45) is 2.34. The van der Waals surface area contributed by atoms with E-state index in [-0.39, 0.29) is 5.82 Å². The molecular formula is C15H19FN2. The maximum absolute atomic E-state index is 13.3. The van der Waals surface area contributed by atoms with Gasteiger partial charge in [-0.05, 0) is 49.7 Å². The van der Waals surface area contributed by atoms with Gasteiger partial charge < -0.3 is 5.32 Å². The Morgan fingerprint density at radius 1 is 1.28 bits per heavy atom. The number of halogens is 1. The van der Waals surface area contributed by atoms with E-state index >= 15 is 0 Å². The molecule has 1 N–H and O–H groups in total. The maximum atomic E-state index is 13.3. The van der Waals surface area contributed by atoms with E-state index in [2.05, 4.69) is 17.2 Å². The molecule has 96 valence electrons. The maximum Gasteiger partial charge on any atom is 0.123 e. The Balaban J connectivity index is 2.27. The fourth-order valence-corrected chi connectivity index (χ4v) is 2.09. The molecule has 1 heterocycles. The van der Waals surface area contributed by atoms with E-state index in [1.165, 1.54) is 12.5 Å². The van der Waals surface area contributed by atoms with Crippen molar-refractivity contribution in [2.45, 2.75) is 33.2 Å². The highest BCUT2D eigenvalue weighted by Crippen LogP contribution is 2.19. The molecule has 1 aromatic heterocycles. The van der Waals surface area contributed by atoms with Crippen molar-refractivity contribution in [3.05, 3.63) is 41.3 Å². The third-order valence-corrected chi connectivity index (χ3v) is 3.01. The fraction of sp³-hybridized carbons (Fsp3) is 0.400. The lowest BCUT2D eigenvalue weighted by molar-refractivity contribution is 0.628. The molecule has 0 saturated heterocycles. The quantitative estimate of drug-likeness (QED) is 0.816. The molecule has 0 fully saturated rings. The van der Waals surface area contributed by atoms with Gasteiger partial charge in [0.15, 0.2) is 0 Å². The van der Waals surface area contributed by atoms with Crippen LogP contribution in [0.4, 0.5) is 4.39 Å². The number of aromatic nitrogens is 1. The number of hydrogen-bond donors (Lipinski definition) is 1.